The molecule has 0 unspecified atom stereocenters. The van der Waals surface area contributed by atoms with Gasteiger partial charge in [-0.3, -0.25) is 5.10 Å². The van der Waals surface area contributed by atoms with Gasteiger partial charge in [0.25, 0.3) is 0 Å². The maximum absolute atomic E-state index is 13.8. The zero-order valence-electron chi connectivity index (χ0n) is 10.8. The molecular formula is C11H11FN4O4S. The molecular weight excluding hydrogens is 303 g/mol. The highest BCUT2D eigenvalue weighted by Gasteiger charge is 2.26. The minimum absolute atomic E-state index is 0.123. The Morgan fingerprint density at radius 2 is 2.19 bits per heavy atom. The second-order valence-corrected chi connectivity index (χ2v) is 6.16. The Bertz CT molecular complexity index is 761. The molecule has 2 aromatic rings. The Morgan fingerprint density at radius 1 is 1.48 bits per heavy atom. The zero-order chi connectivity index (χ0) is 15.6. The number of benzene rings is 1. The molecule has 2 N–H and O–H groups in total. The summed E-state index contributed by atoms with van der Waals surface area (Å²) >= 11 is 0. The number of hydrogen-bond acceptors (Lipinski definition) is 5. The highest BCUT2D eigenvalue weighted by atomic mass is 32.2. The molecule has 0 amide bonds. The fourth-order valence-corrected chi connectivity index (χ4v) is 2.79. The highest BCUT2D eigenvalue weighted by molar-refractivity contribution is 7.89. The normalized spacial score (nSPS) is 11.8. The summed E-state index contributed by atoms with van der Waals surface area (Å²) in [4.78, 5) is 13.9. The molecule has 0 aliphatic rings. The van der Waals surface area contributed by atoms with E-state index in [1.54, 1.807) is 0 Å². The van der Waals surface area contributed by atoms with Gasteiger partial charge in [-0.2, -0.15) is 9.40 Å². The smallest absolute Gasteiger partial charge is 0.335 e. The summed E-state index contributed by atoms with van der Waals surface area (Å²) in [6, 6.07) is 2.61. The van der Waals surface area contributed by atoms with Gasteiger partial charge in [0, 0.05) is 7.05 Å². The topological polar surface area (TPSA) is 116 Å². The molecule has 8 nitrogen and oxygen atoms in total. The van der Waals surface area contributed by atoms with E-state index >= 15 is 0 Å². The minimum atomic E-state index is -4.11. The number of sulfonamides is 1. The summed E-state index contributed by atoms with van der Waals surface area (Å²) in [7, 11) is -2.86. The van der Waals surface area contributed by atoms with Crippen LogP contribution in [-0.2, 0) is 16.6 Å². The van der Waals surface area contributed by atoms with E-state index in [0.29, 0.717) is 11.9 Å². The summed E-state index contributed by atoms with van der Waals surface area (Å²) in [5.41, 5.74) is -0.329. The maximum Gasteiger partial charge on any atom is 0.335 e. The van der Waals surface area contributed by atoms with E-state index in [4.69, 9.17) is 5.11 Å². The molecule has 0 fully saturated rings. The van der Waals surface area contributed by atoms with E-state index in [9.17, 15) is 17.6 Å². The predicted molar refractivity (Wildman–Crippen MR) is 68.4 cm³/mol. The number of hydrogen-bond donors (Lipinski definition) is 2. The number of nitrogens with one attached hydrogen (secondary N) is 1. The van der Waals surface area contributed by atoms with Crippen molar-refractivity contribution in [3.63, 3.8) is 0 Å². The van der Waals surface area contributed by atoms with Crippen LogP contribution in [0, 0.1) is 5.82 Å². The molecule has 0 spiro atoms. The van der Waals surface area contributed by atoms with Gasteiger partial charge in [0.05, 0.1) is 12.1 Å². The molecule has 0 aliphatic heterocycles. The van der Waals surface area contributed by atoms with Crippen LogP contribution in [0.1, 0.15) is 16.2 Å². The number of carbonyl (C=O) groups is 1. The summed E-state index contributed by atoms with van der Waals surface area (Å²) in [6.45, 7) is -0.123. The molecule has 0 saturated carbocycles. The summed E-state index contributed by atoms with van der Waals surface area (Å²) in [5, 5.41) is 14.8. The Hall–Kier alpha value is -2.33. The van der Waals surface area contributed by atoms with Gasteiger partial charge in [-0.1, -0.05) is 0 Å². The number of nitrogens with zero attached hydrogens (tertiary/aromatic N) is 3. The first-order valence-electron chi connectivity index (χ1n) is 5.66. The molecule has 0 aliphatic carbocycles. The lowest BCUT2D eigenvalue weighted by atomic mass is 10.2. The number of aromatic nitrogens is 3. The summed E-state index contributed by atoms with van der Waals surface area (Å²) in [5.74, 6) is -2.17. The Balaban J connectivity index is 2.33. The van der Waals surface area contributed by atoms with Crippen LogP contribution in [0.4, 0.5) is 4.39 Å². The zero-order valence-corrected chi connectivity index (χ0v) is 11.6. The molecule has 0 saturated heterocycles. The van der Waals surface area contributed by atoms with E-state index in [2.05, 4.69) is 15.2 Å². The van der Waals surface area contributed by atoms with Crippen molar-refractivity contribution in [1.29, 1.82) is 0 Å². The Labute approximate surface area is 119 Å². The summed E-state index contributed by atoms with van der Waals surface area (Å²) < 4.78 is 39.2. The van der Waals surface area contributed by atoms with Crippen LogP contribution in [0.25, 0.3) is 0 Å². The maximum atomic E-state index is 13.8. The summed E-state index contributed by atoms with van der Waals surface area (Å²) in [6.07, 6.45) is 1.22. The highest BCUT2D eigenvalue weighted by Crippen LogP contribution is 2.20. The lowest BCUT2D eigenvalue weighted by molar-refractivity contribution is 0.0696. The van der Waals surface area contributed by atoms with E-state index in [1.165, 1.54) is 13.4 Å². The van der Waals surface area contributed by atoms with Crippen molar-refractivity contribution in [2.45, 2.75) is 11.4 Å². The third-order valence-electron chi connectivity index (χ3n) is 2.70. The lowest BCUT2D eigenvalue weighted by Crippen LogP contribution is -2.28. The minimum Gasteiger partial charge on any atom is -0.478 e. The number of halogens is 1. The first-order valence-corrected chi connectivity index (χ1v) is 7.10. The third kappa shape index (κ3) is 3.06. The van der Waals surface area contributed by atoms with Crippen LogP contribution in [0.15, 0.2) is 29.4 Å². The van der Waals surface area contributed by atoms with Gasteiger partial charge in [0.15, 0.2) is 0 Å². The number of rotatable bonds is 5. The van der Waals surface area contributed by atoms with E-state index in [0.717, 1.165) is 16.4 Å². The quantitative estimate of drug-likeness (QED) is 0.828. The Kier molecular flexibility index (Phi) is 4.00. The van der Waals surface area contributed by atoms with Crippen molar-refractivity contribution in [1.82, 2.24) is 19.5 Å². The van der Waals surface area contributed by atoms with Crippen LogP contribution in [0.2, 0.25) is 0 Å². The number of aromatic carboxylic acids is 1. The second kappa shape index (κ2) is 5.58. The number of carboxylic acids is 1. The lowest BCUT2D eigenvalue weighted by Gasteiger charge is -2.16. The van der Waals surface area contributed by atoms with Gasteiger partial charge in [-0.15, -0.1) is 0 Å². The standard InChI is InChI=1S/C11H11FN4O4S/c1-16(5-10-13-6-14-15-10)21(19,20)9-3-2-7(11(17)18)4-8(9)12/h2-4,6H,5H2,1H3,(H,17,18)(H,13,14,15). The molecule has 21 heavy (non-hydrogen) atoms. The average molecular weight is 314 g/mol. The van der Waals surface area contributed by atoms with Crippen molar-refractivity contribution in [2.24, 2.45) is 0 Å². The second-order valence-electron chi connectivity index (χ2n) is 4.14. The van der Waals surface area contributed by atoms with E-state index < -0.39 is 26.7 Å². The largest absolute Gasteiger partial charge is 0.478 e. The molecule has 0 radical (unpaired) electrons. The van der Waals surface area contributed by atoms with E-state index in [1.807, 2.05) is 0 Å². The van der Waals surface area contributed by atoms with Gasteiger partial charge >= 0.3 is 5.97 Å². The Morgan fingerprint density at radius 3 is 2.71 bits per heavy atom. The van der Waals surface area contributed by atoms with Gasteiger partial charge in [0.1, 0.15) is 22.9 Å². The monoisotopic (exact) mass is 314 g/mol. The van der Waals surface area contributed by atoms with Crippen molar-refractivity contribution in [3.8, 4) is 0 Å². The molecule has 1 heterocycles. The molecule has 2 rings (SSSR count). The van der Waals surface area contributed by atoms with Crippen molar-refractivity contribution in [3.05, 3.63) is 41.7 Å². The van der Waals surface area contributed by atoms with Gasteiger partial charge in [0.2, 0.25) is 10.0 Å². The van der Waals surface area contributed by atoms with Crippen molar-refractivity contribution in [2.75, 3.05) is 7.05 Å². The number of carboxylic acid groups (broad SMARTS) is 1. The molecule has 0 bridgehead atoms. The first kappa shape index (κ1) is 15.1. The van der Waals surface area contributed by atoms with Crippen molar-refractivity contribution < 1.29 is 22.7 Å². The van der Waals surface area contributed by atoms with Gasteiger partial charge in [-0.05, 0) is 18.2 Å². The molecule has 1 aromatic carbocycles. The number of aromatic amines is 1. The predicted octanol–water partition coefficient (Wildman–Crippen LogP) is 0.463. The van der Waals surface area contributed by atoms with Crippen LogP contribution in [0.5, 0.6) is 0 Å². The van der Waals surface area contributed by atoms with Crippen LogP contribution < -0.4 is 0 Å². The molecule has 112 valence electrons. The van der Waals surface area contributed by atoms with Crippen LogP contribution in [0.3, 0.4) is 0 Å². The average Bonchev–Trinajstić information content (AvgIpc) is 2.90. The van der Waals surface area contributed by atoms with Crippen LogP contribution >= 0.6 is 0 Å². The fourth-order valence-electron chi connectivity index (χ4n) is 1.61. The SMILES string of the molecule is CN(Cc1ncn[nH]1)S(=O)(=O)c1ccc(C(=O)O)cc1F. The van der Waals surface area contributed by atoms with E-state index in [-0.39, 0.29) is 12.1 Å². The number of H-pyrrole nitrogens is 1. The van der Waals surface area contributed by atoms with Gasteiger partial charge < -0.3 is 5.11 Å². The van der Waals surface area contributed by atoms with Crippen LogP contribution in [-0.4, -0.2) is 46.0 Å². The molecule has 0 atom stereocenters. The third-order valence-corrected chi connectivity index (χ3v) is 4.54. The van der Waals surface area contributed by atoms with Crippen molar-refractivity contribution >= 4 is 16.0 Å². The first-order chi connectivity index (χ1) is 9.82. The molecule has 10 heteroatoms. The molecule has 1 aromatic heterocycles. The fraction of sp³-hybridized carbons (Fsp3) is 0.182. The van der Waals surface area contributed by atoms with Gasteiger partial charge in [-0.25, -0.2) is 22.6 Å².